The number of nitrogens with zero attached hydrogens (tertiary/aromatic N) is 1. The van der Waals surface area contributed by atoms with Crippen molar-refractivity contribution in [2.75, 3.05) is 5.32 Å². The number of hydrazone groups is 1. The maximum absolute atomic E-state index is 12.3. The van der Waals surface area contributed by atoms with E-state index in [1.165, 1.54) is 24.3 Å². The van der Waals surface area contributed by atoms with E-state index >= 15 is 0 Å². The van der Waals surface area contributed by atoms with Crippen molar-refractivity contribution in [1.29, 1.82) is 0 Å². The third-order valence-electron chi connectivity index (χ3n) is 4.51. The van der Waals surface area contributed by atoms with Gasteiger partial charge in [0.1, 0.15) is 0 Å². The first-order valence-corrected chi connectivity index (χ1v) is 8.63. The van der Waals surface area contributed by atoms with E-state index in [0.29, 0.717) is 11.3 Å². The third-order valence-corrected chi connectivity index (χ3v) is 4.51. The van der Waals surface area contributed by atoms with Gasteiger partial charge < -0.3 is 5.32 Å². The minimum Gasteiger partial charge on any atom is -0.318 e. The highest BCUT2D eigenvalue weighted by Crippen LogP contribution is 2.47. The van der Waals surface area contributed by atoms with Crippen LogP contribution in [0.2, 0.25) is 0 Å². The Bertz CT molecular complexity index is 893. The number of rotatable bonds is 5. The number of hydrogen-bond acceptors (Lipinski definition) is 3. The fourth-order valence-corrected chi connectivity index (χ4v) is 2.84. The smallest absolute Gasteiger partial charge is 0.318 e. The highest BCUT2D eigenvalue weighted by atomic mass is 19.4. The van der Waals surface area contributed by atoms with Gasteiger partial charge in [-0.3, -0.25) is 9.59 Å². The highest BCUT2D eigenvalue weighted by molar-refractivity contribution is 6.00. The second-order valence-electron chi connectivity index (χ2n) is 6.56. The molecule has 5 nitrogen and oxygen atoms in total. The molecule has 0 radical (unpaired) electrons. The summed E-state index contributed by atoms with van der Waals surface area (Å²) < 4.78 is 36.8. The molecule has 1 fully saturated rings. The molecule has 3 rings (SSSR count). The molecule has 1 aliphatic rings. The quantitative estimate of drug-likeness (QED) is 0.603. The first-order chi connectivity index (χ1) is 13.3. The highest BCUT2D eigenvalue weighted by Gasteiger charge is 2.43. The van der Waals surface area contributed by atoms with Crippen LogP contribution < -0.4 is 10.7 Å². The number of halogens is 3. The molecule has 0 bridgehead atoms. The molecule has 2 aromatic rings. The van der Waals surface area contributed by atoms with Gasteiger partial charge in [0.15, 0.2) is 0 Å². The van der Waals surface area contributed by atoms with Crippen LogP contribution in [0.25, 0.3) is 0 Å². The van der Waals surface area contributed by atoms with Crippen LogP contribution in [0.3, 0.4) is 0 Å². The van der Waals surface area contributed by atoms with Crippen LogP contribution in [0.1, 0.15) is 30.4 Å². The SMILES string of the molecule is C/C(=N/NC(=O)[C@H]1C[C@H]1c1ccccc1)c1ccc(NC(=O)C(F)(F)F)cc1. The van der Waals surface area contributed by atoms with E-state index in [9.17, 15) is 22.8 Å². The molecule has 0 saturated heterocycles. The van der Waals surface area contributed by atoms with E-state index in [-0.39, 0.29) is 23.4 Å². The lowest BCUT2D eigenvalue weighted by Crippen LogP contribution is -2.29. The van der Waals surface area contributed by atoms with Crippen LogP contribution in [0.5, 0.6) is 0 Å². The predicted octanol–water partition coefficient (Wildman–Crippen LogP) is 3.83. The Kier molecular flexibility index (Phi) is 5.48. The topological polar surface area (TPSA) is 70.6 Å². The zero-order valence-electron chi connectivity index (χ0n) is 15.0. The molecular weight excluding hydrogens is 371 g/mol. The Morgan fingerprint density at radius 2 is 1.68 bits per heavy atom. The van der Waals surface area contributed by atoms with E-state index in [1.54, 1.807) is 12.2 Å². The van der Waals surface area contributed by atoms with Crippen molar-refractivity contribution in [1.82, 2.24) is 5.43 Å². The van der Waals surface area contributed by atoms with Crippen LogP contribution in [0, 0.1) is 5.92 Å². The fourth-order valence-electron chi connectivity index (χ4n) is 2.84. The number of carbonyl (C=O) groups is 2. The van der Waals surface area contributed by atoms with E-state index in [2.05, 4.69) is 10.5 Å². The molecule has 2 amide bonds. The Labute approximate surface area is 159 Å². The molecule has 0 unspecified atom stereocenters. The average Bonchev–Trinajstić information content (AvgIpc) is 3.47. The molecule has 2 N–H and O–H groups in total. The van der Waals surface area contributed by atoms with Crippen molar-refractivity contribution < 1.29 is 22.8 Å². The Balaban J connectivity index is 1.55. The van der Waals surface area contributed by atoms with Crippen LogP contribution in [-0.2, 0) is 9.59 Å². The average molecular weight is 389 g/mol. The summed E-state index contributed by atoms with van der Waals surface area (Å²) in [7, 11) is 0. The largest absolute Gasteiger partial charge is 0.471 e. The Hall–Kier alpha value is -3.16. The van der Waals surface area contributed by atoms with Crippen molar-refractivity contribution in [3.63, 3.8) is 0 Å². The van der Waals surface area contributed by atoms with Crippen LogP contribution in [0.4, 0.5) is 18.9 Å². The molecule has 2 aromatic carbocycles. The third kappa shape index (κ3) is 4.76. The summed E-state index contributed by atoms with van der Waals surface area (Å²) in [5.41, 5.74) is 4.80. The minimum absolute atomic E-state index is 0.0200. The molecule has 0 heterocycles. The standard InChI is InChI=1S/C20H18F3N3O2/c1-12(13-7-9-15(10-8-13)24-19(28)20(21,22)23)25-26-18(27)17-11-16(17)14-5-3-2-4-6-14/h2-10,16-17H,11H2,1H3,(H,24,28)(H,26,27)/b25-12-/t16-,17-/m0/s1. The molecule has 1 aliphatic carbocycles. The van der Waals surface area contributed by atoms with Crippen LogP contribution in [0.15, 0.2) is 59.7 Å². The summed E-state index contributed by atoms with van der Waals surface area (Å²) in [5.74, 6) is -2.11. The van der Waals surface area contributed by atoms with Gasteiger partial charge in [0.05, 0.1) is 5.71 Å². The van der Waals surface area contributed by atoms with E-state index in [1.807, 2.05) is 30.3 Å². The number of alkyl halides is 3. The first kappa shape index (κ1) is 19.6. The van der Waals surface area contributed by atoms with Gasteiger partial charge in [0.2, 0.25) is 5.91 Å². The van der Waals surface area contributed by atoms with Gasteiger partial charge >= 0.3 is 12.1 Å². The van der Waals surface area contributed by atoms with Gasteiger partial charge in [-0.15, -0.1) is 0 Å². The molecule has 1 saturated carbocycles. The number of amides is 2. The molecule has 0 aliphatic heterocycles. The van der Waals surface area contributed by atoms with Gasteiger partial charge in [-0.05, 0) is 42.5 Å². The fraction of sp³-hybridized carbons (Fsp3) is 0.250. The first-order valence-electron chi connectivity index (χ1n) is 8.63. The van der Waals surface area contributed by atoms with E-state index in [4.69, 9.17) is 0 Å². The minimum atomic E-state index is -4.94. The number of anilines is 1. The number of carbonyl (C=O) groups excluding carboxylic acids is 2. The van der Waals surface area contributed by atoms with Crippen LogP contribution in [-0.4, -0.2) is 23.7 Å². The molecule has 146 valence electrons. The normalized spacial score (nSPS) is 19.1. The molecule has 0 spiro atoms. The van der Waals surface area contributed by atoms with Gasteiger partial charge in [0, 0.05) is 11.6 Å². The maximum atomic E-state index is 12.3. The number of hydrogen-bond donors (Lipinski definition) is 2. The second-order valence-corrected chi connectivity index (χ2v) is 6.56. The van der Waals surface area contributed by atoms with E-state index < -0.39 is 12.1 Å². The monoisotopic (exact) mass is 389 g/mol. The molecule has 0 aromatic heterocycles. The Morgan fingerprint density at radius 3 is 2.29 bits per heavy atom. The number of nitrogens with one attached hydrogen (secondary N) is 2. The van der Waals surface area contributed by atoms with Crippen molar-refractivity contribution >= 4 is 23.2 Å². The molecular formula is C20H18F3N3O2. The lowest BCUT2D eigenvalue weighted by atomic mass is 10.1. The summed E-state index contributed by atoms with van der Waals surface area (Å²) in [6.45, 7) is 1.67. The zero-order chi connectivity index (χ0) is 20.3. The van der Waals surface area contributed by atoms with Crippen molar-refractivity contribution in [3.05, 3.63) is 65.7 Å². The Morgan fingerprint density at radius 1 is 1.04 bits per heavy atom. The van der Waals surface area contributed by atoms with Gasteiger partial charge in [-0.25, -0.2) is 5.43 Å². The van der Waals surface area contributed by atoms with Gasteiger partial charge in [-0.1, -0.05) is 42.5 Å². The van der Waals surface area contributed by atoms with Crippen molar-refractivity contribution in [2.24, 2.45) is 11.0 Å². The van der Waals surface area contributed by atoms with Crippen molar-refractivity contribution in [2.45, 2.75) is 25.4 Å². The second kappa shape index (κ2) is 7.84. The summed E-state index contributed by atoms with van der Waals surface area (Å²) in [4.78, 5) is 23.1. The molecule has 28 heavy (non-hydrogen) atoms. The van der Waals surface area contributed by atoms with E-state index in [0.717, 1.165) is 12.0 Å². The summed E-state index contributed by atoms with van der Waals surface area (Å²) in [5, 5.41) is 5.83. The maximum Gasteiger partial charge on any atom is 0.471 e. The predicted molar refractivity (Wildman–Crippen MR) is 98.8 cm³/mol. The molecule has 2 atom stereocenters. The summed E-state index contributed by atoms with van der Waals surface area (Å²) in [6.07, 6.45) is -4.17. The lowest BCUT2D eigenvalue weighted by molar-refractivity contribution is -0.167. The van der Waals surface area contributed by atoms with Gasteiger partial charge in [-0.2, -0.15) is 18.3 Å². The molecule has 8 heteroatoms. The van der Waals surface area contributed by atoms with Crippen molar-refractivity contribution in [3.8, 4) is 0 Å². The summed E-state index contributed by atoms with van der Waals surface area (Å²) >= 11 is 0. The van der Waals surface area contributed by atoms with Gasteiger partial charge in [0.25, 0.3) is 0 Å². The number of benzene rings is 2. The summed E-state index contributed by atoms with van der Waals surface area (Å²) in [6, 6.07) is 15.5. The van der Waals surface area contributed by atoms with Crippen LogP contribution >= 0.6 is 0 Å². The zero-order valence-corrected chi connectivity index (χ0v) is 15.0. The lowest BCUT2D eigenvalue weighted by Gasteiger charge is -2.08.